The summed E-state index contributed by atoms with van der Waals surface area (Å²) < 4.78 is 5.29. The molecular weight excluding hydrogens is 380 g/mol. The van der Waals surface area contributed by atoms with Gasteiger partial charge in [0.2, 0.25) is 0 Å². The molecular formula is C24H28N2O2S. The maximum atomic E-state index is 12.8. The van der Waals surface area contributed by atoms with Gasteiger partial charge in [-0.3, -0.25) is 0 Å². The topological polar surface area (TPSA) is 52.1 Å². The first-order valence-electron chi connectivity index (χ1n) is 10.1. The van der Waals surface area contributed by atoms with Crippen LogP contribution in [0.3, 0.4) is 0 Å². The van der Waals surface area contributed by atoms with Gasteiger partial charge in [-0.05, 0) is 67.0 Å². The van der Waals surface area contributed by atoms with E-state index >= 15 is 0 Å². The second-order valence-corrected chi connectivity index (χ2v) is 9.15. The lowest BCUT2D eigenvalue weighted by molar-refractivity contribution is -0.148. The number of hydrogen-bond donors (Lipinski definition) is 0. The van der Waals surface area contributed by atoms with Crippen LogP contribution < -0.4 is 0 Å². The third-order valence-electron chi connectivity index (χ3n) is 5.59. The molecule has 152 valence electrons. The van der Waals surface area contributed by atoms with Crippen molar-refractivity contribution in [3.05, 3.63) is 53.6 Å². The number of nitrogens with zero attached hydrogens (tertiary/aromatic N) is 2. The van der Waals surface area contributed by atoms with E-state index in [0.29, 0.717) is 12.2 Å². The maximum Gasteiger partial charge on any atom is 0.332 e. The Hall–Kier alpha value is -2.32. The molecule has 5 heteroatoms. The molecule has 0 bridgehead atoms. The molecule has 0 saturated carbocycles. The van der Waals surface area contributed by atoms with E-state index in [-0.39, 0.29) is 12.0 Å². The number of fused-ring (bicyclic) bond motifs is 1. The Labute approximate surface area is 177 Å². The summed E-state index contributed by atoms with van der Waals surface area (Å²) in [5, 5.41) is 0. The fraction of sp³-hybridized carbons (Fsp3) is 0.458. The van der Waals surface area contributed by atoms with Crippen molar-refractivity contribution in [2.24, 2.45) is 0 Å². The molecule has 0 aliphatic carbocycles. The molecule has 1 unspecified atom stereocenters. The Morgan fingerprint density at radius 1 is 1.34 bits per heavy atom. The summed E-state index contributed by atoms with van der Waals surface area (Å²) in [5.74, 6) is 3.72. The van der Waals surface area contributed by atoms with Crippen LogP contribution in [-0.2, 0) is 26.8 Å². The highest BCUT2D eigenvalue weighted by atomic mass is 32.2. The van der Waals surface area contributed by atoms with Crippen molar-refractivity contribution in [3.63, 3.8) is 0 Å². The lowest BCUT2D eigenvalue weighted by Crippen LogP contribution is -2.38. The standard InChI is InChI=1S/C24H28N2O2S/c1-5-24(22(27)28-6-2,21-25-14-8-15-26-21)12-7-9-18-10-11-20-19(17-18)23(3,4)13-16-29-20/h1,8,10-11,14-15,17H,6-7,9,12-13,16H2,2-4H3. The van der Waals surface area contributed by atoms with Gasteiger partial charge in [-0.15, -0.1) is 18.2 Å². The minimum Gasteiger partial charge on any atom is -0.465 e. The number of ether oxygens (including phenoxy) is 1. The van der Waals surface area contributed by atoms with Crippen LogP contribution in [0.1, 0.15) is 57.0 Å². The molecule has 0 amide bonds. The van der Waals surface area contributed by atoms with Crippen LogP contribution in [0.2, 0.25) is 0 Å². The Morgan fingerprint density at radius 3 is 2.79 bits per heavy atom. The molecule has 1 aliphatic rings. The Balaban J connectivity index is 1.79. The summed E-state index contributed by atoms with van der Waals surface area (Å²) in [5.41, 5.74) is 1.64. The third-order valence-corrected chi connectivity index (χ3v) is 6.67. The highest BCUT2D eigenvalue weighted by Crippen LogP contribution is 2.42. The second-order valence-electron chi connectivity index (χ2n) is 8.01. The zero-order valence-electron chi connectivity index (χ0n) is 17.4. The van der Waals surface area contributed by atoms with Gasteiger partial charge in [-0.25, -0.2) is 14.8 Å². The molecule has 2 heterocycles. The Bertz CT molecular complexity index is 905. The lowest BCUT2D eigenvalue weighted by Gasteiger charge is -2.32. The van der Waals surface area contributed by atoms with Crippen LogP contribution in [0.5, 0.6) is 0 Å². The lowest BCUT2D eigenvalue weighted by atomic mass is 9.80. The molecule has 4 nitrogen and oxygen atoms in total. The average Bonchev–Trinajstić information content (AvgIpc) is 2.72. The first-order valence-corrected chi connectivity index (χ1v) is 11.1. The number of aromatic nitrogens is 2. The van der Waals surface area contributed by atoms with Gasteiger partial charge < -0.3 is 4.74 Å². The zero-order chi connectivity index (χ0) is 20.9. The normalized spacial score (nSPS) is 16.9. The van der Waals surface area contributed by atoms with Gasteiger partial charge in [0, 0.05) is 17.3 Å². The summed E-state index contributed by atoms with van der Waals surface area (Å²) in [6.45, 7) is 6.67. The van der Waals surface area contributed by atoms with Crippen LogP contribution in [0.25, 0.3) is 0 Å². The van der Waals surface area contributed by atoms with Gasteiger partial charge in [-0.1, -0.05) is 31.9 Å². The number of carbonyl (C=O) groups excluding carboxylic acids is 1. The van der Waals surface area contributed by atoms with Crippen LogP contribution in [0.15, 0.2) is 41.6 Å². The predicted octanol–water partition coefficient (Wildman–Crippen LogP) is 4.71. The van der Waals surface area contributed by atoms with Gasteiger partial charge in [0.15, 0.2) is 11.2 Å². The van der Waals surface area contributed by atoms with Crippen LogP contribution >= 0.6 is 11.8 Å². The Morgan fingerprint density at radius 2 is 2.10 bits per heavy atom. The highest BCUT2D eigenvalue weighted by molar-refractivity contribution is 7.99. The summed E-state index contributed by atoms with van der Waals surface area (Å²) in [6, 6.07) is 8.45. The average molecular weight is 409 g/mol. The predicted molar refractivity (Wildman–Crippen MR) is 117 cm³/mol. The van der Waals surface area contributed by atoms with Crippen molar-refractivity contribution in [2.45, 2.75) is 62.2 Å². The SMILES string of the molecule is C#CC(CCCc1ccc2c(c1)C(C)(C)CCS2)(C(=O)OCC)c1ncccn1. The van der Waals surface area contributed by atoms with Crippen molar-refractivity contribution in [2.75, 3.05) is 12.4 Å². The third kappa shape index (κ3) is 4.48. The molecule has 29 heavy (non-hydrogen) atoms. The number of thioether (sulfide) groups is 1. The summed E-state index contributed by atoms with van der Waals surface area (Å²) in [4.78, 5) is 22.7. The van der Waals surface area contributed by atoms with Crippen molar-refractivity contribution in [3.8, 4) is 12.3 Å². The first-order chi connectivity index (χ1) is 13.9. The van der Waals surface area contributed by atoms with E-state index in [9.17, 15) is 4.79 Å². The fourth-order valence-electron chi connectivity index (χ4n) is 3.77. The minimum absolute atomic E-state index is 0.196. The van der Waals surface area contributed by atoms with E-state index in [2.05, 4.69) is 47.9 Å². The largest absolute Gasteiger partial charge is 0.465 e. The van der Waals surface area contributed by atoms with Crippen molar-refractivity contribution in [1.29, 1.82) is 0 Å². The van der Waals surface area contributed by atoms with Crippen LogP contribution in [0.4, 0.5) is 0 Å². The second kappa shape index (κ2) is 9.00. The quantitative estimate of drug-likeness (QED) is 0.491. The monoisotopic (exact) mass is 408 g/mol. The number of carbonyl (C=O) groups is 1. The number of benzene rings is 1. The van der Waals surface area contributed by atoms with Crippen molar-refractivity contribution < 1.29 is 9.53 Å². The maximum absolute atomic E-state index is 12.8. The van der Waals surface area contributed by atoms with Crippen molar-refractivity contribution in [1.82, 2.24) is 9.97 Å². The molecule has 1 aliphatic heterocycles. The van der Waals surface area contributed by atoms with E-state index in [1.807, 2.05) is 11.8 Å². The number of esters is 1. The molecule has 0 fully saturated rings. The molecule has 0 saturated heterocycles. The molecule has 0 N–H and O–H groups in total. The van der Waals surface area contributed by atoms with E-state index in [0.717, 1.165) is 12.8 Å². The van der Waals surface area contributed by atoms with Crippen LogP contribution in [-0.4, -0.2) is 28.3 Å². The number of rotatable bonds is 7. The summed E-state index contributed by atoms with van der Waals surface area (Å²) in [7, 11) is 0. The van der Waals surface area contributed by atoms with E-state index in [4.69, 9.17) is 11.2 Å². The molecule has 1 atom stereocenters. The molecule has 1 aromatic carbocycles. The Kier molecular flexibility index (Phi) is 6.64. The minimum atomic E-state index is -1.25. The zero-order valence-corrected chi connectivity index (χ0v) is 18.2. The van der Waals surface area contributed by atoms with Crippen LogP contribution in [0, 0.1) is 12.3 Å². The summed E-state index contributed by atoms with van der Waals surface area (Å²) >= 11 is 1.93. The smallest absolute Gasteiger partial charge is 0.332 e. The summed E-state index contributed by atoms with van der Waals surface area (Å²) in [6.07, 6.45) is 12.3. The molecule has 0 spiro atoms. The van der Waals surface area contributed by atoms with Gasteiger partial charge in [0.05, 0.1) is 6.61 Å². The molecule has 2 aromatic rings. The fourth-order valence-corrected chi connectivity index (χ4v) is 5.26. The van der Waals surface area contributed by atoms with Gasteiger partial charge in [0.1, 0.15) is 0 Å². The van der Waals surface area contributed by atoms with Gasteiger partial charge in [-0.2, -0.15) is 0 Å². The number of aryl methyl sites for hydroxylation is 1. The van der Waals surface area contributed by atoms with Gasteiger partial charge in [0.25, 0.3) is 0 Å². The molecule has 3 rings (SSSR count). The van der Waals surface area contributed by atoms with Crippen molar-refractivity contribution >= 4 is 17.7 Å². The van der Waals surface area contributed by atoms with E-state index < -0.39 is 11.4 Å². The highest BCUT2D eigenvalue weighted by Gasteiger charge is 2.42. The number of terminal acetylenes is 1. The van der Waals surface area contributed by atoms with E-state index in [1.165, 1.54) is 28.2 Å². The number of hydrogen-bond acceptors (Lipinski definition) is 5. The molecule has 0 radical (unpaired) electrons. The van der Waals surface area contributed by atoms with E-state index in [1.54, 1.807) is 25.4 Å². The first kappa shape index (κ1) is 21.4. The molecule has 1 aromatic heterocycles. The van der Waals surface area contributed by atoms with Gasteiger partial charge >= 0.3 is 5.97 Å².